The molecule has 2 rings (SSSR count). The third-order valence-corrected chi connectivity index (χ3v) is 3.11. The second-order valence-corrected chi connectivity index (χ2v) is 5.33. The average Bonchev–Trinajstić information content (AvgIpc) is 2.47. The number of hydrogen-bond donors (Lipinski definition) is 1. The van der Waals surface area contributed by atoms with E-state index in [1.54, 1.807) is 7.11 Å². The average molecular weight is 285 g/mol. The largest absolute Gasteiger partial charge is 0.457 e. The Morgan fingerprint density at radius 2 is 1.86 bits per heavy atom. The summed E-state index contributed by atoms with van der Waals surface area (Å²) in [7, 11) is 1.69. The fourth-order valence-corrected chi connectivity index (χ4v) is 2.06. The molecule has 3 heteroatoms. The Balaban J connectivity index is 2.13. The lowest BCUT2D eigenvalue weighted by Gasteiger charge is -2.14. The third-order valence-electron chi connectivity index (χ3n) is 3.11. The minimum atomic E-state index is 0.447. The molecule has 2 aromatic rings. The van der Waals surface area contributed by atoms with Crippen LogP contribution in [0, 0.1) is 0 Å². The fraction of sp³-hybridized carbons (Fsp3) is 0.333. The molecule has 0 spiro atoms. The molecule has 0 aromatic heterocycles. The predicted octanol–water partition coefficient (Wildman–Crippen LogP) is 4.12. The summed E-state index contributed by atoms with van der Waals surface area (Å²) in [5.41, 5.74) is 2.26. The van der Waals surface area contributed by atoms with Crippen LogP contribution in [0.4, 0.5) is 0 Å². The summed E-state index contributed by atoms with van der Waals surface area (Å²) in [6, 6.07) is 16.6. The van der Waals surface area contributed by atoms with Gasteiger partial charge in [-0.3, -0.25) is 0 Å². The smallest absolute Gasteiger partial charge is 0.131 e. The standard InChI is InChI=1S/C18H23NO2/c1-14(2)19-12-16-8-4-5-10-18(16)21-17-9-6-7-15(11-17)13-20-3/h4-11,14,19H,12-13H2,1-3H3. The maximum atomic E-state index is 6.03. The van der Waals surface area contributed by atoms with Gasteiger partial charge in [0.25, 0.3) is 0 Å². The first kappa shape index (κ1) is 15.5. The molecule has 2 aromatic carbocycles. The highest BCUT2D eigenvalue weighted by Gasteiger charge is 2.05. The Morgan fingerprint density at radius 3 is 2.62 bits per heavy atom. The lowest BCUT2D eigenvalue weighted by atomic mass is 10.2. The number of ether oxygens (including phenoxy) is 2. The van der Waals surface area contributed by atoms with Crippen LogP contribution in [0.5, 0.6) is 11.5 Å². The molecule has 3 nitrogen and oxygen atoms in total. The second kappa shape index (κ2) is 7.81. The molecule has 0 saturated carbocycles. The quantitative estimate of drug-likeness (QED) is 0.830. The Bertz CT molecular complexity index is 567. The monoisotopic (exact) mass is 285 g/mol. The molecule has 0 aliphatic heterocycles. The van der Waals surface area contributed by atoms with Gasteiger partial charge in [-0.15, -0.1) is 0 Å². The maximum absolute atomic E-state index is 6.03. The van der Waals surface area contributed by atoms with E-state index in [0.29, 0.717) is 12.6 Å². The summed E-state index contributed by atoms with van der Waals surface area (Å²) >= 11 is 0. The molecule has 0 atom stereocenters. The van der Waals surface area contributed by atoms with Crippen LogP contribution >= 0.6 is 0 Å². The van der Waals surface area contributed by atoms with Crippen molar-refractivity contribution in [2.24, 2.45) is 0 Å². The molecule has 0 fully saturated rings. The van der Waals surface area contributed by atoms with Gasteiger partial charge in [-0.2, -0.15) is 0 Å². The van der Waals surface area contributed by atoms with E-state index in [9.17, 15) is 0 Å². The minimum absolute atomic E-state index is 0.447. The van der Waals surface area contributed by atoms with Gasteiger partial charge in [0.15, 0.2) is 0 Å². The minimum Gasteiger partial charge on any atom is -0.457 e. The maximum Gasteiger partial charge on any atom is 0.131 e. The van der Waals surface area contributed by atoms with Gasteiger partial charge in [0.1, 0.15) is 11.5 Å². The second-order valence-electron chi connectivity index (χ2n) is 5.33. The molecule has 0 radical (unpaired) electrons. The van der Waals surface area contributed by atoms with Gasteiger partial charge in [-0.05, 0) is 23.8 Å². The molecular formula is C18H23NO2. The summed E-state index contributed by atoms with van der Waals surface area (Å²) in [4.78, 5) is 0. The van der Waals surface area contributed by atoms with E-state index in [4.69, 9.17) is 9.47 Å². The molecular weight excluding hydrogens is 262 g/mol. The van der Waals surface area contributed by atoms with E-state index < -0.39 is 0 Å². The molecule has 1 N–H and O–H groups in total. The molecule has 112 valence electrons. The third kappa shape index (κ3) is 4.88. The van der Waals surface area contributed by atoms with E-state index in [-0.39, 0.29) is 0 Å². The van der Waals surface area contributed by atoms with Crippen LogP contribution in [0.3, 0.4) is 0 Å². The number of methoxy groups -OCH3 is 1. The van der Waals surface area contributed by atoms with Gasteiger partial charge in [0.05, 0.1) is 6.61 Å². The first-order valence-electron chi connectivity index (χ1n) is 7.26. The Labute approximate surface area is 126 Å². The van der Waals surface area contributed by atoms with E-state index in [2.05, 4.69) is 25.2 Å². The lowest BCUT2D eigenvalue weighted by molar-refractivity contribution is 0.184. The van der Waals surface area contributed by atoms with Crippen LogP contribution in [-0.2, 0) is 17.9 Å². The fourth-order valence-electron chi connectivity index (χ4n) is 2.06. The highest BCUT2D eigenvalue weighted by molar-refractivity contribution is 5.39. The number of benzene rings is 2. The molecule has 0 bridgehead atoms. The van der Waals surface area contributed by atoms with Crippen molar-refractivity contribution in [3.63, 3.8) is 0 Å². The summed E-state index contributed by atoms with van der Waals surface area (Å²) in [6.07, 6.45) is 0. The van der Waals surface area contributed by atoms with Gasteiger partial charge in [-0.1, -0.05) is 44.2 Å². The summed E-state index contributed by atoms with van der Waals surface area (Å²) < 4.78 is 11.2. The van der Waals surface area contributed by atoms with E-state index in [1.807, 2.05) is 42.5 Å². The van der Waals surface area contributed by atoms with Crippen molar-refractivity contribution in [1.82, 2.24) is 5.32 Å². The van der Waals surface area contributed by atoms with Crippen molar-refractivity contribution in [1.29, 1.82) is 0 Å². The number of rotatable bonds is 7. The van der Waals surface area contributed by atoms with Crippen LogP contribution in [0.15, 0.2) is 48.5 Å². The topological polar surface area (TPSA) is 30.5 Å². The first-order valence-corrected chi connectivity index (χ1v) is 7.26. The Morgan fingerprint density at radius 1 is 1.05 bits per heavy atom. The SMILES string of the molecule is COCc1cccc(Oc2ccccc2CNC(C)C)c1. The van der Waals surface area contributed by atoms with Crippen molar-refractivity contribution in [3.05, 3.63) is 59.7 Å². The Kier molecular flexibility index (Phi) is 5.78. The summed E-state index contributed by atoms with van der Waals surface area (Å²) in [6.45, 7) is 5.66. The van der Waals surface area contributed by atoms with E-state index in [0.717, 1.165) is 29.2 Å². The molecule has 0 unspecified atom stereocenters. The number of nitrogens with one attached hydrogen (secondary N) is 1. The van der Waals surface area contributed by atoms with E-state index >= 15 is 0 Å². The van der Waals surface area contributed by atoms with Crippen LogP contribution in [0.2, 0.25) is 0 Å². The van der Waals surface area contributed by atoms with Gasteiger partial charge >= 0.3 is 0 Å². The van der Waals surface area contributed by atoms with Gasteiger partial charge < -0.3 is 14.8 Å². The molecule has 21 heavy (non-hydrogen) atoms. The van der Waals surface area contributed by atoms with Gasteiger partial charge in [0.2, 0.25) is 0 Å². The normalized spacial score (nSPS) is 10.9. The molecule has 0 saturated heterocycles. The van der Waals surface area contributed by atoms with Crippen LogP contribution in [0.1, 0.15) is 25.0 Å². The van der Waals surface area contributed by atoms with Crippen molar-refractivity contribution < 1.29 is 9.47 Å². The number of para-hydroxylation sites is 1. The van der Waals surface area contributed by atoms with Crippen LogP contribution in [0.25, 0.3) is 0 Å². The predicted molar refractivity (Wildman–Crippen MR) is 85.6 cm³/mol. The van der Waals surface area contributed by atoms with Crippen molar-refractivity contribution in [2.75, 3.05) is 7.11 Å². The zero-order chi connectivity index (χ0) is 15.1. The number of hydrogen-bond acceptors (Lipinski definition) is 3. The van der Waals surface area contributed by atoms with Crippen molar-refractivity contribution in [2.45, 2.75) is 33.0 Å². The Hall–Kier alpha value is -1.84. The molecule has 0 amide bonds. The van der Waals surface area contributed by atoms with Gasteiger partial charge in [0, 0.05) is 25.3 Å². The first-order chi connectivity index (χ1) is 10.2. The summed E-state index contributed by atoms with van der Waals surface area (Å²) in [5, 5.41) is 3.42. The molecule has 0 heterocycles. The van der Waals surface area contributed by atoms with E-state index in [1.165, 1.54) is 0 Å². The molecule has 0 aliphatic rings. The van der Waals surface area contributed by atoms with Crippen LogP contribution in [-0.4, -0.2) is 13.2 Å². The molecule has 0 aliphatic carbocycles. The highest BCUT2D eigenvalue weighted by atomic mass is 16.5. The van der Waals surface area contributed by atoms with Crippen molar-refractivity contribution >= 4 is 0 Å². The zero-order valence-corrected chi connectivity index (χ0v) is 12.9. The summed E-state index contributed by atoms with van der Waals surface area (Å²) in [5.74, 6) is 1.72. The lowest BCUT2D eigenvalue weighted by Crippen LogP contribution is -2.22. The van der Waals surface area contributed by atoms with Crippen LogP contribution < -0.4 is 10.1 Å². The van der Waals surface area contributed by atoms with Crippen molar-refractivity contribution in [3.8, 4) is 11.5 Å². The highest BCUT2D eigenvalue weighted by Crippen LogP contribution is 2.26. The van der Waals surface area contributed by atoms with Gasteiger partial charge in [-0.25, -0.2) is 0 Å². The zero-order valence-electron chi connectivity index (χ0n) is 12.9.